The van der Waals surface area contributed by atoms with Crippen molar-refractivity contribution in [2.24, 2.45) is 0 Å². The Labute approximate surface area is 166 Å². The second-order valence-electron chi connectivity index (χ2n) is 6.10. The number of pyridine rings is 1. The van der Waals surface area contributed by atoms with Crippen LogP contribution in [0.4, 0.5) is 10.1 Å². The maximum Gasteiger partial charge on any atom is 0.269 e. The van der Waals surface area contributed by atoms with Gasteiger partial charge in [-0.2, -0.15) is 0 Å². The van der Waals surface area contributed by atoms with Crippen molar-refractivity contribution in [3.05, 3.63) is 87.9 Å². The summed E-state index contributed by atoms with van der Waals surface area (Å²) >= 11 is 0. The van der Waals surface area contributed by atoms with E-state index in [-0.39, 0.29) is 28.6 Å². The Morgan fingerprint density at radius 2 is 1.97 bits per heavy atom. The van der Waals surface area contributed by atoms with Gasteiger partial charge in [0, 0.05) is 37.0 Å². The van der Waals surface area contributed by atoms with E-state index in [2.05, 4.69) is 9.71 Å². The van der Waals surface area contributed by atoms with Gasteiger partial charge in [-0.15, -0.1) is 0 Å². The minimum Gasteiger partial charge on any atom is -0.439 e. The summed E-state index contributed by atoms with van der Waals surface area (Å²) in [5, 5.41) is 10.8. The van der Waals surface area contributed by atoms with Crippen molar-refractivity contribution in [1.82, 2.24) is 9.71 Å². The van der Waals surface area contributed by atoms with E-state index in [1.54, 1.807) is 12.1 Å². The molecule has 1 heterocycles. The maximum atomic E-state index is 13.2. The van der Waals surface area contributed by atoms with Gasteiger partial charge in [0.1, 0.15) is 11.6 Å². The van der Waals surface area contributed by atoms with Crippen LogP contribution in [-0.2, 0) is 16.6 Å². The lowest BCUT2D eigenvalue weighted by atomic mass is 10.2. The third-order valence-electron chi connectivity index (χ3n) is 3.94. The number of sulfonamides is 1. The largest absolute Gasteiger partial charge is 0.439 e. The van der Waals surface area contributed by atoms with Crippen molar-refractivity contribution < 1.29 is 22.5 Å². The number of aromatic nitrogens is 1. The van der Waals surface area contributed by atoms with Gasteiger partial charge in [0.25, 0.3) is 5.69 Å². The first-order valence-electron chi connectivity index (χ1n) is 8.38. The Bertz CT molecular complexity index is 1150. The van der Waals surface area contributed by atoms with Crippen molar-refractivity contribution in [1.29, 1.82) is 0 Å². The summed E-state index contributed by atoms with van der Waals surface area (Å²) in [6.45, 7) is 1.45. The van der Waals surface area contributed by atoms with E-state index in [1.807, 2.05) is 0 Å². The summed E-state index contributed by atoms with van der Waals surface area (Å²) < 4.78 is 46.0. The summed E-state index contributed by atoms with van der Waals surface area (Å²) in [6, 6.07) is 12.3. The second-order valence-corrected chi connectivity index (χ2v) is 7.83. The monoisotopic (exact) mass is 417 g/mol. The fourth-order valence-electron chi connectivity index (χ4n) is 2.53. The molecular formula is C19H16FN3O5S. The van der Waals surface area contributed by atoms with Crippen molar-refractivity contribution in [3.8, 4) is 11.6 Å². The summed E-state index contributed by atoms with van der Waals surface area (Å²) in [5.41, 5.74) is 0.655. The fourth-order valence-corrected chi connectivity index (χ4v) is 3.77. The molecule has 29 heavy (non-hydrogen) atoms. The van der Waals surface area contributed by atoms with E-state index in [1.165, 1.54) is 49.5 Å². The van der Waals surface area contributed by atoms with Crippen molar-refractivity contribution in [2.75, 3.05) is 0 Å². The van der Waals surface area contributed by atoms with Crippen molar-refractivity contribution in [2.45, 2.75) is 18.4 Å². The average Bonchev–Trinajstić information content (AvgIpc) is 2.67. The molecule has 0 aliphatic carbocycles. The van der Waals surface area contributed by atoms with Gasteiger partial charge in [-0.3, -0.25) is 10.1 Å². The first-order valence-corrected chi connectivity index (χ1v) is 9.86. The molecule has 0 atom stereocenters. The Morgan fingerprint density at radius 3 is 2.59 bits per heavy atom. The number of hydrogen-bond acceptors (Lipinski definition) is 6. The van der Waals surface area contributed by atoms with E-state index in [9.17, 15) is 22.9 Å². The van der Waals surface area contributed by atoms with Gasteiger partial charge in [-0.25, -0.2) is 22.5 Å². The van der Waals surface area contributed by atoms with Crippen molar-refractivity contribution >= 4 is 15.7 Å². The minimum atomic E-state index is -3.87. The van der Waals surface area contributed by atoms with Gasteiger partial charge >= 0.3 is 0 Å². The number of nitro benzene ring substituents is 1. The molecule has 0 spiro atoms. The molecule has 0 aliphatic heterocycles. The predicted octanol–water partition coefficient (Wildman–Crippen LogP) is 3.71. The average molecular weight is 417 g/mol. The van der Waals surface area contributed by atoms with Gasteiger partial charge in [0.05, 0.1) is 9.82 Å². The molecule has 3 rings (SSSR count). The fraction of sp³-hybridized carbons (Fsp3) is 0.105. The summed E-state index contributed by atoms with van der Waals surface area (Å²) in [7, 11) is -3.87. The van der Waals surface area contributed by atoms with Crippen LogP contribution in [0.3, 0.4) is 0 Å². The molecule has 2 aromatic carbocycles. The number of hydrogen-bond donors (Lipinski definition) is 1. The van der Waals surface area contributed by atoms with Gasteiger partial charge in [-0.1, -0.05) is 12.1 Å². The SMILES string of the molecule is Cc1cc([N+](=O)[O-])ccc1S(=O)(=O)NCc1ccc(Oc2cccc(F)c2)nc1. The number of aryl methyl sites for hydroxylation is 1. The molecule has 0 saturated carbocycles. The van der Waals surface area contributed by atoms with Crippen LogP contribution >= 0.6 is 0 Å². The molecule has 8 nitrogen and oxygen atoms in total. The number of benzene rings is 2. The predicted molar refractivity (Wildman–Crippen MR) is 103 cm³/mol. The zero-order valence-corrected chi connectivity index (χ0v) is 16.0. The summed E-state index contributed by atoms with van der Waals surface area (Å²) in [5.74, 6) is 0.0862. The highest BCUT2D eigenvalue weighted by atomic mass is 32.2. The third kappa shape index (κ3) is 5.12. The smallest absolute Gasteiger partial charge is 0.269 e. The van der Waals surface area contributed by atoms with E-state index in [0.717, 1.165) is 6.07 Å². The lowest BCUT2D eigenvalue weighted by Crippen LogP contribution is -2.24. The number of rotatable bonds is 7. The molecule has 0 amide bonds. The molecule has 1 N–H and O–H groups in total. The van der Waals surface area contributed by atoms with Crippen LogP contribution in [0.5, 0.6) is 11.6 Å². The Hall–Kier alpha value is -3.37. The molecule has 0 bridgehead atoms. The van der Waals surface area contributed by atoms with E-state index in [4.69, 9.17) is 4.74 Å². The lowest BCUT2D eigenvalue weighted by Gasteiger charge is -2.10. The molecule has 0 fully saturated rings. The normalized spacial score (nSPS) is 11.2. The molecule has 3 aromatic rings. The molecule has 0 unspecified atom stereocenters. The van der Waals surface area contributed by atoms with Crippen LogP contribution in [-0.4, -0.2) is 18.3 Å². The van der Waals surface area contributed by atoms with Gasteiger partial charge in [0.15, 0.2) is 0 Å². The maximum absolute atomic E-state index is 13.2. The number of ether oxygens (including phenoxy) is 1. The minimum absolute atomic E-state index is 0.0357. The molecular weight excluding hydrogens is 401 g/mol. The molecule has 0 radical (unpaired) electrons. The molecule has 0 aliphatic rings. The zero-order chi connectivity index (χ0) is 21.0. The molecule has 1 aromatic heterocycles. The van der Waals surface area contributed by atoms with E-state index in [0.29, 0.717) is 11.3 Å². The van der Waals surface area contributed by atoms with Crippen LogP contribution in [0, 0.1) is 22.9 Å². The summed E-state index contributed by atoms with van der Waals surface area (Å²) in [6.07, 6.45) is 1.43. The van der Waals surface area contributed by atoms with E-state index >= 15 is 0 Å². The molecule has 10 heteroatoms. The summed E-state index contributed by atoms with van der Waals surface area (Å²) in [4.78, 5) is 14.2. The van der Waals surface area contributed by atoms with Crippen molar-refractivity contribution in [3.63, 3.8) is 0 Å². The third-order valence-corrected chi connectivity index (χ3v) is 5.50. The number of nitrogens with zero attached hydrogens (tertiary/aromatic N) is 2. The zero-order valence-electron chi connectivity index (χ0n) is 15.2. The lowest BCUT2D eigenvalue weighted by molar-refractivity contribution is -0.385. The number of nitrogens with one attached hydrogen (secondary N) is 1. The van der Waals surface area contributed by atoms with Crippen LogP contribution in [0.25, 0.3) is 0 Å². The van der Waals surface area contributed by atoms with Gasteiger partial charge in [0.2, 0.25) is 15.9 Å². The Kier molecular flexibility index (Phi) is 5.85. The van der Waals surface area contributed by atoms with Crippen LogP contribution in [0.15, 0.2) is 65.7 Å². The van der Waals surface area contributed by atoms with E-state index < -0.39 is 20.8 Å². The highest BCUT2D eigenvalue weighted by Crippen LogP contribution is 2.22. The molecule has 150 valence electrons. The first-order chi connectivity index (χ1) is 13.7. The van der Waals surface area contributed by atoms with Gasteiger partial charge < -0.3 is 4.74 Å². The topological polar surface area (TPSA) is 111 Å². The van der Waals surface area contributed by atoms with Gasteiger partial charge in [-0.05, 0) is 36.2 Å². The highest BCUT2D eigenvalue weighted by molar-refractivity contribution is 7.89. The Morgan fingerprint density at radius 1 is 1.17 bits per heavy atom. The van der Waals surface area contributed by atoms with Crippen LogP contribution < -0.4 is 9.46 Å². The van der Waals surface area contributed by atoms with Crippen LogP contribution in [0.1, 0.15) is 11.1 Å². The number of halogens is 1. The first kappa shape index (κ1) is 20.4. The standard InChI is InChI=1S/C19H16FN3O5S/c1-13-9-16(23(24)25)6-7-18(13)29(26,27)22-12-14-5-8-19(21-11-14)28-17-4-2-3-15(20)10-17/h2-11,22H,12H2,1H3. The second kappa shape index (κ2) is 8.33. The molecule has 0 saturated heterocycles. The number of non-ortho nitro benzene ring substituents is 1. The number of nitro groups is 1. The Balaban J connectivity index is 1.67. The van der Waals surface area contributed by atoms with Crippen LogP contribution in [0.2, 0.25) is 0 Å². The highest BCUT2D eigenvalue weighted by Gasteiger charge is 2.19. The quantitative estimate of drug-likeness (QED) is 0.463.